The van der Waals surface area contributed by atoms with Crippen LogP contribution in [-0.2, 0) is 43.5 Å². The van der Waals surface area contributed by atoms with E-state index in [4.69, 9.17) is 4.74 Å². The number of aryl methyl sites for hydroxylation is 3. The Labute approximate surface area is 493 Å². The second-order valence-electron chi connectivity index (χ2n) is 23.9. The Bertz CT molecular complexity index is 3050. The van der Waals surface area contributed by atoms with Gasteiger partial charge in [0.2, 0.25) is 23.6 Å². The zero-order valence-corrected chi connectivity index (χ0v) is 50.8. The molecule has 0 spiro atoms. The number of carbonyl (C=O) groups excluding carboxylic acids is 4. The predicted molar refractivity (Wildman–Crippen MR) is 327 cm³/mol. The fraction of sp³-hybridized carbons (Fsp3) is 0.531. The molecule has 448 valence electrons. The van der Waals surface area contributed by atoms with E-state index in [1.807, 2.05) is 77.4 Å². The topological polar surface area (TPSA) is 225 Å². The summed E-state index contributed by atoms with van der Waals surface area (Å²) in [5, 5.41) is 34.6. The van der Waals surface area contributed by atoms with E-state index >= 15 is 0 Å². The van der Waals surface area contributed by atoms with Gasteiger partial charge in [0.15, 0.2) is 0 Å². The lowest BCUT2D eigenvalue weighted by molar-refractivity contribution is -0.144. The van der Waals surface area contributed by atoms with Gasteiger partial charge in [-0.05, 0) is 123 Å². The van der Waals surface area contributed by atoms with Crippen LogP contribution < -0.4 is 31.7 Å². The van der Waals surface area contributed by atoms with Crippen molar-refractivity contribution in [2.45, 2.75) is 150 Å². The molecule has 8 rings (SSSR count). The largest absolute Gasteiger partial charge is 0.391 e. The molecular formula is C64H88N10O8S. The first kappa shape index (κ1) is 62.7. The second kappa shape index (κ2) is 29.0. The van der Waals surface area contributed by atoms with E-state index in [0.29, 0.717) is 37.5 Å². The first-order valence-electron chi connectivity index (χ1n) is 29.7. The van der Waals surface area contributed by atoms with Gasteiger partial charge in [0.1, 0.15) is 18.3 Å². The average molecular weight is 1160 g/mol. The minimum atomic E-state index is -1.00. The third-order valence-corrected chi connectivity index (χ3v) is 17.6. The van der Waals surface area contributed by atoms with Gasteiger partial charge >= 0.3 is 0 Å². The van der Waals surface area contributed by atoms with Crippen LogP contribution in [0.4, 0.5) is 5.69 Å². The standard InChI is InChI=1S/C64H88N10O8S/c1-9-73(50-22-29-82-30-23-50)54-33-49(32-52(43(54)4)60(78)67-36-53-41(2)31-42(3)69-61(53)79)47-18-16-46(17-19-47)37-71-25-27-72(28-26-71)39-57(77)65-24-12-10-11-13-56(76)70-59(64(6,7)8)63(81)74-38-51(75)34-55(74)62(80)66-35-45-14-20-48(21-15-45)58-44(5)68-40-83-58/h14-21,31-33,40,50-51,55,59-60,67,75,78H,9-13,22-30,34-39H2,1-8H3,(H,65,77)(H,66,80)(H,69,79)(H,70,76)/t51-,55+,59-,60?/m1/s1. The summed E-state index contributed by atoms with van der Waals surface area (Å²) in [6.45, 7) is 23.2. The summed E-state index contributed by atoms with van der Waals surface area (Å²) < 4.78 is 5.73. The van der Waals surface area contributed by atoms with Crippen LogP contribution in [0.15, 0.2) is 77.0 Å². The molecule has 4 atom stereocenters. The number of H-pyrrole nitrogens is 1. The zero-order valence-electron chi connectivity index (χ0n) is 49.9. The summed E-state index contributed by atoms with van der Waals surface area (Å²) in [5.74, 6) is -1.03. The summed E-state index contributed by atoms with van der Waals surface area (Å²) in [6, 6.07) is 21.4. The number of aliphatic hydroxyl groups is 2. The lowest BCUT2D eigenvalue weighted by Crippen LogP contribution is -2.57. The predicted octanol–water partition coefficient (Wildman–Crippen LogP) is 6.79. The van der Waals surface area contributed by atoms with Crippen molar-refractivity contribution in [1.82, 2.24) is 45.9 Å². The summed E-state index contributed by atoms with van der Waals surface area (Å²) in [4.78, 5) is 83.6. The van der Waals surface area contributed by atoms with Crippen molar-refractivity contribution in [2.75, 3.05) is 70.5 Å². The van der Waals surface area contributed by atoms with Crippen molar-refractivity contribution in [1.29, 1.82) is 0 Å². The Morgan fingerprint density at radius 3 is 2.19 bits per heavy atom. The van der Waals surface area contributed by atoms with E-state index in [1.54, 1.807) is 11.3 Å². The highest BCUT2D eigenvalue weighted by Gasteiger charge is 2.44. The Balaban J connectivity index is 0.753. The molecule has 3 fully saturated rings. The van der Waals surface area contributed by atoms with Crippen LogP contribution in [0.1, 0.15) is 124 Å². The van der Waals surface area contributed by atoms with Crippen LogP contribution in [0.2, 0.25) is 0 Å². The second-order valence-corrected chi connectivity index (χ2v) is 24.8. The Morgan fingerprint density at radius 1 is 0.843 bits per heavy atom. The van der Waals surface area contributed by atoms with Crippen LogP contribution in [0.3, 0.4) is 0 Å². The molecule has 5 heterocycles. The van der Waals surface area contributed by atoms with Gasteiger partial charge in [0.05, 0.1) is 28.7 Å². The van der Waals surface area contributed by atoms with Crippen LogP contribution >= 0.6 is 11.3 Å². The van der Waals surface area contributed by atoms with Crippen molar-refractivity contribution in [2.24, 2.45) is 5.41 Å². The number of pyridine rings is 1. The number of aromatic amines is 1. The van der Waals surface area contributed by atoms with E-state index in [-0.39, 0.29) is 55.8 Å². The molecule has 5 aromatic rings. The van der Waals surface area contributed by atoms with Crippen LogP contribution in [0.25, 0.3) is 21.6 Å². The molecule has 0 aliphatic carbocycles. The highest BCUT2D eigenvalue weighted by atomic mass is 32.1. The van der Waals surface area contributed by atoms with Crippen molar-refractivity contribution in [3.63, 3.8) is 0 Å². The number of benzene rings is 3. The zero-order chi connectivity index (χ0) is 59.4. The summed E-state index contributed by atoms with van der Waals surface area (Å²) in [6.07, 6.45) is 2.35. The van der Waals surface area contributed by atoms with Gasteiger partial charge in [-0.15, -0.1) is 11.3 Å². The maximum atomic E-state index is 14.1. The Hall–Kier alpha value is -6.32. The summed E-state index contributed by atoms with van der Waals surface area (Å²) in [5.41, 5.74) is 12.3. The van der Waals surface area contributed by atoms with Crippen LogP contribution in [0, 0.1) is 33.1 Å². The number of rotatable bonds is 24. The number of aliphatic hydroxyl groups excluding tert-OH is 2. The molecule has 0 bridgehead atoms. The monoisotopic (exact) mass is 1160 g/mol. The third kappa shape index (κ3) is 16.7. The van der Waals surface area contributed by atoms with Crippen LogP contribution in [0.5, 0.6) is 0 Å². The SMILES string of the molecule is CCN(c1cc(-c2ccc(CN3CCN(CC(=O)NCCCCCC(=O)N[C@H](C(=O)N4C[C@H](O)C[C@H]4C(=O)NCc4ccc(-c5scnc5C)cc4)C(C)(C)C)CC3)cc2)cc(C(O)NCc2c(C)cc(C)[nH]c2=O)c1C)C1CCOCC1. The molecule has 2 aromatic heterocycles. The van der Waals surface area contributed by atoms with Gasteiger partial charge in [-0.1, -0.05) is 75.7 Å². The highest BCUT2D eigenvalue weighted by molar-refractivity contribution is 7.13. The van der Waals surface area contributed by atoms with Crippen molar-refractivity contribution >= 4 is 40.7 Å². The number of nitrogens with one attached hydrogen (secondary N) is 5. The first-order valence-corrected chi connectivity index (χ1v) is 30.6. The highest BCUT2D eigenvalue weighted by Crippen LogP contribution is 2.36. The number of hydrogen-bond acceptors (Lipinski definition) is 14. The number of nitrogens with zero attached hydrogens (tertiary/aromatic N) is 5. The number of anilines is 1. The maximum absolute atomic E-state index is 14.1. The molecule has 4 amide bonds. The number of aromatic nitrogens is 2. The molecule has 18 nitrogen and oxygen atoms in total. The van der Waals surface area contributed by atoms with Crippen molar-refractivity contribution in [3.05, 3.63) is 127 Å². The molecule has 3 aliphatic heterocycles. The number of thiazole rings is 1. The van der Waals surface area contributed by atoms with E-state index in [9.17, 15) is 34.2 Å². The van der Waals surface area contributed by atoms with E-state index < -0.39 is 35.7 Å². The smallest absolute Gasteiger partial charge is 0.252 e. The quantitative estimate of drug-likeness (QED) is 0.0250. The van der Waals surface area contributed by atoms with Crippen LogP contribution in [-0.4, -0.2) is 148 Å². The summed E-state index contributed by atoms with van der Waals surface area (Å²) in [7, 11) is 0. The fourth-order valence-electron chi connectivity index (χ4n) is 11.8. The van der Waals surface area contributed by atoms with E-state index in [2.05, 4.69) is 96.2 Å². The van der Waals surface area contributed by atoms with Gasteiger partial charge in [-0.2, -0.15) is 0 Å². The molecule has 0 radical (unpaired) electrons. The minimum Gasteiger partial charge on any atom is -0.391 e. The first-order chi connectivity index (χ1) is 39.8. The van der Waals surface area contributed by atoms with E-state index in [1.165, 1.54) is 10.5 Å². The lowest BCUT2D eigenvalue weighted by Gasteiger charge is -2.37. The number of hydrogen-bond donors (Lipinski definition) is 7. The van der Waals surface area contributed by atoms with E-state index in [0.717, 1.165) is 133 Å². The number of likely N-dealkylation sites (tertiary alicyclic amines) is 1. The molecule has 0 saturated carbocycles. The lowest BCUT2D eigenvalue weighted by atomic mass is 9.85. The number of piperazine rings is 1. The molecule has 3 aliphatic rings. The molecule has 83 heavy (non-hydrogen) atoms. The van der Waals surface area contributed by atoms with Gasteiger partial charge in [0.25, 0.3) is 5.56 Å². The summed E-state index contributed by atoms with van der Waals surface area (Å²) >= 11 is 1.58. The van der Waals surface area contributed by atoms with Gasteiger partial charge < -0.3 is 45.7 Å². The number of β-amino-alcohol motifs (C(OH)–C–C–N with tert-alkyl or cyclic N) is 1. The number of amides is 4. The fourth-order valence-corrected chi connectivity index (χ4v) is 12.6. The number of unbranched alkanes of at least 4 members (excludes halogenated alkanes) is 2. The molecule has 3 saturated heterocycles. The Kier molecular flexibility index (Phi) is 21.9. The molecule has 3 aromatic carbocycles. The Morgan fingerprint density at radius 2 is 1.53 bits per heavy atom. The van der Waals surface area contributed by atoms with Crippen molar-refractivity contribution < 1.29 is 34.1 Å². The molecule has 19 heteroatoms. The average Bonchev–Trinajstić information content (AvgIpc) is 4.22. The molecule has 7 N–H and O–H groups in total. The molecular weight excluding hydrogens is 1070 g/mol. The van der Waals surface area contributed by atoms with Gasteiger partial charge in [0, 0.05) is 120 Å². The number of ether oxygens (including phenoxy) is 1. The van der Waals surface area contributed by atoms with Gasteiger partial charge in [-0.3, -0.25) is 39.1 Å². The normalized spacial score (nSPS) is 18.0. The van der Waals surface area contributed by atoms with Gasteiger partial charge in [-0.25, -0.2) is 4.98 Å². The minimum absolute atomic E-state index is 0.00525. The van der Waals surface area contributed by atoms with Crippen molar-refractivity contribution in [3.8, 4) is 21.6 Å². The number of carbonyl (C=O) groups is 4. The maximum Gasteiger partial charge on any atom is 0.252 e. The third-order valence-electron chi connectivity index (χ3n) is 16.6. The molecule has 1 unspecified atom stereocenters.